The van der Waals surface area contributed by atoms with E-state index in [1.165, 1.54) is 11.8 Å². The van der Waals surface area contributed by atoms with Gasteiger partial charge in [0.05, 0.1) is 0 Å². The Morgan fingerprint density at radius 2 is 1.43 bits per heavy atom. The number of thioether (sulfide) groups is 1. The van der Waals surface area contributed by atoms with E-state index in [9.17, 15) is 14.4 Å². The molecule has 0 radical (unpaired) electrons. The number of rotatable bonds is 10. The molecular weight excluding hydrogens is 719 g/mol. The summed E-state index contributed by atoms with van der Waals surface area (Å²) in [6.07, 6.45) is 3.46. The fraction of sp³-hybridized carbons (Fsp3) is 0.0263. The first kappa shape index (κ1) is 31.8. The molecule has 47 heavy (non-hydrogen) atoms. The molecule has 3 amide bonds. The molecule has 0 aliphatic heterocycles. The first-order valence-corrected chi connectivity index (χ1v) is 16.7. The zero-order valence-electron chi connectivity index (χ0n) is 24.9. The molecule has 0 fully saturated rings. The van der Waals surface area contributed by atoms with Gasteiger partial charge in [-0.15, -0.1) is 11.8 Å². The van der Waals surface area contributed by atoms with E-state index in [1.807, 2.05) is 103 Å². The van der Waals surface area contributed by atoms with Crippen LogP contribution in [0.3, 0.4) is 0 Å². The van der Waals surface area contributed by atoms with E-state index in [0.29, 0.717) is 16.9 Å². The molecule has 232 valence electrons. The monoisotopic (exact) mass is 748 g/mol. The molecule has 4 N–H and O–H groups in total. The lowest BCUT2D eigenvalue weighted by atomic mass is 10.1. The number of benzene rings is 5. The highest BCUT2D eigenvalue weighted by Crippen LogP contribution is 2.37. The van der Waals surface area contributed by atoms with Crippen LogP contribution in [0.2, 0.25) is 0 Å². The predicted molar refractivity (Wildman–Crippen MR) is 198 cm³/mol. The average molecular weight is 749 g/mol. The summed E-state index contributed by atoms with van der Waals surface area (Å²) in [6, 6.07) is 41.0. The number of hydrogen-bond donors (Lipinski definition) is 4. The Labute approximate surface area is 290 Å². The molecule has 0 aliphatic rings. The van der Waals surface area contributed by atoms with Gasteiger partial charge in [-0.05, 0) is 94.9 Å². The normalized spacial score (nSPS) is 11.9. The summed E-state index contributed by atoms with van der Waals surface area (Å²) in [7, 11) is 0. The summed E-state index contributed by atoms with van der Waals surface area (Å²) < 4.78 is 1.08. The molecular formula is C38H29IN4O3S. The third-order valence-corrected chi connectivity index (χ3v) is 9.22. The second-order valence-electron chi connectivity index (χ2n) is 10.6. The summed E-state index contributed by atoms with van der Waals surface area (Å²) in [5.74, 6) is -1.05. The zero-order valence-corrected chi connectivity index (χ0v) is 27.9. The molecule has 7 nitrogen and oxygen atoms in total. The first-order valence-electron chi connectivity index (χ1n) is 14.8. The van der Waals surface area contributed by atoms with Crippen LogP contribution < -0.4 is 16.0 Å². The van der Waals surface area contributed by atoms with E-state index < -0.39 is 17.1 Å². The lowest BCUT2D eigenvalue weighted by Gasteiger charge is -2.18. The van der Waals surface area contributed by atoms with Gasteiger partial charge < -0.3 is 20.9 Å². The highest BCUT2D eigenvalue weighted by Gasteiger charge is 2.23. The van der Waals surface area contributed by atoms with Gasteiger partial charge in [0.1, 0.15) is 10.9 Å². The summed E-state index contributed by atoms with van der Waals surface area (Å²) >= 11 is 3.61. The third kappa shape index (κ3) is 8.18. The number of fused-ring (bicyclic) bond motifs is 1. The van der Waals surface area contributed by atoms with E-state index in [4.69, 9.17) is 0 Å². The van der Waals surface area contributed by atoms with Crippen molar-refractivity contribution in [1.82, 2.24) is 10.3 Å². The molecule has 0 spiro atoms. The van der Waals surface area contributed by atoms with Gasteiger partial charge in [0.2, 0.25) is 5.91 Å². The van der Waals surface area contributed by atoms with Crippen LogP contribution >= 0.6 is 34.4 Å². The second-order valence-corrected chi connectivity index (χ2v) is 13.0. The summed E-state index contributed by atoms with van der Waals surface area (Å²) in [4.78, 5) is 44.5. The average Bonchev–Trinajstić information content (AvgIpc) is 3.51. The van der Waals surface area contributed by atoms with Gasteiger partial charge in [-0.25, -0.2) is 0 Å². The first-order chi connectivity index (χ1) is 22.9. The number of hydrogen-bond acceptors (Lipinski definition) is 4. The maximum Gasteiger partial charge on any atom is 0.272 e. The highest BCUT2D eigenvalue weighted by atomic mass is 127. The zero-order chi connectivity index (χ0) is 32.6. The van der Waals surface area contributed by atoms with Gasteiger partial charge >= 0.3 is 0 Å². The van der Waals surface area contributed by atoms with Crippen molar-refractivity contribution in [2.75, 3.05) is 10.6 Å². The molecule has 1 heterocycles. The van der Waals surface area contributed by atoms with E-state index in [2.05, 4.69) is 43.5 Å². The minimum atomic E-state index is -0.552. The molecule has 6 rings (SSSR count). The molecule has 5 aromatic carbocycles. The molecule has 0 bridgehead atoms. The van der Waals surface area contributed by atoms with Crippen LogP contribution in [0, 0.1) is 3.57 Å². The van der Waals surface area contributed by atoms with Crippen LogP contribution in [0.25, 0.3) is 17.0 Å². The van der Waals surface area contributed by atoms with Crippen molar-refractivity contribution >= 4 is 80.4 Å². The fourth-order valence-corrected chi connectivity index (χ4v) is 6.38. The van der Waals surface area contributed by atoms with Crippen molar-refractivity contribution in [3.05, 3.63) is 166 Å². The minimum Gasteiger partial charge on any atom is -0.361 e. The number of H-pyrrole nitrogens is 1. The van der Waals surface area contributed by atoms with E-state index >= 15 is 0 Å². The van der Waals surface area contributed by atoms with Crippen LogP contribution in [0.4, 0.5) is 11.4 Å². The lowest BCUT2D eigenvalue weighted by Crippen LogP contribution is -2.30. The Kier molecular flexibility index (Phi) is 10.1. The largest absolute Gasteiger partial charge is 0.361 e. The van der Waals surface area contributed by atoms with Crippen molar-refractivity contribution in [2.24, 2.45) is 0 Å². The molecule has 0 aliphatic carbocycles. The van der Waals surface area contributed by atoms with Gasteiger partial charge in [0.25, 0.3) is 11.8 Å². The van der Waals surface area contributed by atoms with Crippen LogP contribution in [-0.4, -0.2) is 22.7 Å². The van der Waals surface area contributed by atoms with E-state index in [-0.39, 0.29) is 11.6 Å². The van der Waals surface area contributed by atoms with Crippen LogP contribution in [0.5, 0.6) is 0 Å². The lowest BCUT2D eigenvalue weighted by molar-refractivity contribution is -0.116. The summed E-state index contributed by atoms with van der Waals surface area (Å²) in [5, 5.41) is 9.14. The van der Waals surface area contributed by atoms with E-state index in [1.54, 1.807) is 42.6 Å². The standard InChI is InChI=1S/C38H29IN4O3S/c39-28-18-20-29(21-19-28)41-38(46)35(25-10-3-1-4-11-25)47-31-15-9-14-30(23-31)42-37(45)34(43-36(44)26-12-5-2-6-13-26)22-27-24-40-33-17-8-7-16-32(27)33/h1-24,35,40H,(H,41,46)(H,42,45)(H,43,44)/b34-22-. The van der Waals surface area contributed by atoms with Crippen LogP contribution in [0.1, 0.15) is 26.7 Å². The Hall–Kier alpha value is -5.13. The SMILES string of the molecule is O=C(Nc1cccc(SC(C(=O)Nc2ccc(I)cc2)c2ccccc2)c1)/C(=C/c1c[nH]c2ccccc12)NC(=O)c1ccccc1. The number of carbonyl (C=O) groups excluding carboxylic acids is 3. The summed E-state index contributed by atoms with van der Waals surface area (Å²) in [6.45, 7) is 0. The van der Waals surface area contributed by atoms with Crippen LogP contribution in [-0.2, 0) is 9.59 Å². The smallest absolute Gasteiger partial charge is 0.272 e. The van der Waals surface area contributed by atoms with Crippen molar-refractivity contribution in [3.8, 4) is 0 Å². The van der Waals surface area contributed by atoms with Gasteiger partial charge in [-0.2, -0.15) is 0 Å². The Balaban J connectivity index is 1.25. The van der Waals surface area contributed by atoms with Gasteiger partial charge in [0, 0.05) is 48.1 Å². The Morgan fingerprint density at radius 3 is 2.19 bits per heavy atom. The van der Waals surface area contributed by atoms with Crippen LogP contribution in [0.15, 0.2) is 150 Å². The predicted octanol–water partition coefficient (Wildman–Crippen LogP) is 8.65. The van der Waals surface area contributed by atoms with Crippen molar-refractivity contribution < 1.29 is 14.4 Å². The van der Waals surface area contributed by atoms with Gasteiger partial charge in [-0.3, -0.25) is 14.4 Å². The molecule has 1 aromatic heterocycles. The number of anilines is 2. The number of aromatic nitrogens is 1. The number of para-hydroxylation sites is 1. The molecule has 6 aromatic rings. The molecule has 0 saturated heterocycles. The molecule has 1 unspecified atom stereocenters. The highest BCUT2D eigenvalue weighted by molar-refractivity contribution is 14.1. The number of amides is 3. The summed E-state index contributed by atoms with van der Waals surface area (Å²) in [5.41, 5.74) is 4.26. The fourth-order valence-electron chi connectivity index (χ4n) is 4.93. The topological polar surface area (TPSA) is 103 Å². The maximum absolute atomic E-state index is 13.8. The van der Waals surface area contributed by atoms with E-state index in [0.717, 1.165) is 30.5 Å². The molecule has 0 saturated carbocycles. The Bertz CT molecular complexity index is 2060. The van der Waals surface area contributed by atoms with Crippen molar-refractivity contribution in [3.63, 3.8) is 0 Å². The number of aromatic amines is 1. The second kappa shape index (κ2) is 15.0. The molecule has 9 heteroatoms. The van der Waals surface area contributed by atoms with Gasteiger partial charge in [-0.1, -0.05) is 72.8 Å². The van der Waals surface area contributed by atoms with Crippen molar-refractivity contribution in [2.45, 2.75) is 10.1 Å². The van der Waals surface area contributed by atoms with Crippen molar-refractivity contribution in [1.29, 1.82) is 0 Å². The molecule has 1 atom stereocenters. The van der Waals surface area contributed by atoms with Gasteiger partial charge in [0.15, 0.2) is 0 Å². The quantitative estimate of drug-likeness (QED) is 0.0640. The Morgan fingerprint density at radius 1 is 0.723 bits per heavy atom. The number of nitrogens with one attached hydrogen (secondary N) is 4. The minimum absolute atomic E-state index is 0.0840. The maximum atomic E-state index is 13.8. The number of carbonyl (C=O) groups is 3. The third-order valence-electron chi connectivity index (χ3n) is 7.25. The number of halogens is 1.